The van der Waals surface area contributed by atoms with Gasteiger partial charge in [-0.15, -0.1) is 0 Å². The molecule has 1 saturated carbocycles. The maximum atomic E-state index is 13.4. The molecule has 178 valence electrons. The van der Waals surface area contributed by atoms with E-state index in [1.807, 2.05) is 6.07 Å². The molecule has 0 radical (unpaired) electrons. The van der Waals surface area contributed by atoms with E-state index >= 15 is 0 Å². The number of ether oxygens (including phenoxy) is 2. The summed E-state index contributed by atoms with van der Waals surface area (Å²) >= 11 is 0. The van der Waals surface area contributed by atoms with Crippen LogP contribution in [-0.4, -0.2) is 52.5 Å². The van der Waals surface area contributed by atoms with Gasteiger partial charge in [-0.25, -0.2) is 0 Å². The molecule has 7 heteroatoms. The van der Waals surface area contributed by atoms with Crippen LogP contribution in [0.5, 0.6) is 0 Å². The number of aryl methyl sites for hydroxylation is 1. The Morgan fingerprint density at radius 2 is 2.00 bits per heavy atom. The van der Waals surface area contributed by atoms with Crippen molar-refractivity contribution in [3.8, 4) is 0 Å². The number of esters is 1. The first-order chi connectivity index (χ1) is 15.2. The van der Waals surface area contributed by atoms with Crippen molar-refractivity contribution in [1.82, 2.24) is 0 Å². The Labute approximate surface area is 189 Å². The third-order valence-corrected chi connectivity index (χ3v) is 8.62. The summed E-state index contributed by atoms with van der Waals surface area (Å²) in [5, 5.41) is 29.9. The molecular formula is C25H36O7. The average molecular weight is 449 g/mol. The van der Waals surface area contributed by atoms with E-state index in [9.17, 15) is 20.1 Å². The van der Waals surface area contributed by atoms with Crippen molar-refractivity contribution < 1.29 is 34.0 Å². The minimum Gasteiger partial charge on any atom is -0.472 e. The number of furan rings is 1. The van der Waals surface area contributed by atoms with Crippen molar-refractivity contribution in [2.24, 2.45) is 22.7 Å². The highest BCUT2D eigenvalue weighted by atomic mass is 16.7. The Balaban J connectivity index is 1.58. The van der Waals surface area contributed by atoms with Gasteiger partial charge in [0.1, 0.15) is 18.3 Å². The first-order valence-electron chi connectivity index (χ1n) is 11.7. The number of fused-ring (bicyclic) bond motifs is 1. The van der Waals surface area contributed by atoms with E-state index in [-0.39, 0.29) is 23.4 Å². The summed E-state index contributed by atoms with van der Waals surface area (Å²) in [5.41, 5.74) is 2.24. The van der Waals surface area contributed by atoms with E-state index in [1.165, 1.54) is 5.57 Å². The minimum atomic E-state index is -1.48. The van der Waals surface area contributed by atoms with Crippen molar-refractivity contribution in [2.45, 2.75) is 83.9 Å². The van der Waals surface area contributed by atoms with Gasteiger partial charge in [-0.05, 0) is 73.8 Å². The van der Waals surface area contributed by atoms with Crippen LogP contribution in [0, 0.1) is 22.7 Å². The number of hydrogen-bond donors (Lipinski definition) is 3. The van der Waals surface area contributed by atoms with Gasteiger partial charge in [0.05, 0.1) is 25.1 Å². The summed E-state index contributed by atoms with van der Waals surface area (Å²) in [4.78, 5) is 13.4. The van der Waals surface area contributed by atoms with E-state index in [1.54, 1.807) is 12.5 Å². The lowest BCUT2D eigenvalue weighted by Gasteiger charge is -2.57. The molecule has 1 saturated heterocycles. The Bertz CT molecular complexity index is 833. The molecule has 1 aromatic rings. The number of rotatable bonds is 5. The van der Waals surface area contributed by atoms with Crippen LogP contribution in [-0.2, 0) is 20.7 Å². The summed E-state index contributed by atoms with van der Waals surface area (Å²) in [7, 11) is 0. The summed E-state index contributed by atoms with van der Waals surface area (Å²) in [5.74, 6) is -0.428. The Morgan fingerprint density at radius 3 is 2.72 bits per heavy atom. The lowest BCUT2D eigenvalue weighted by Crippen LogP contribution is -2.56. The normalized spacial score (nSPS) is 42.1. The molecule has 3 N–H and O–H groups in total. The quantitative estimate of drug-likeness (QED) is 0.469. The number of aliphatic hydroxyl groups excluding tert-OH is 3. The summed E-state index contributed by atoms with van der Waals surface area (Å²) < 4.78 is 16.2. The predicted molar refractivity (Wildman–Crippen MR) is 116 cm³/mol. The van der Waals surface area contributed by atoms with Crippen LogP contribution < -0.4 is 0 Å². The number of allylic oxidation sites excluding steroid dienone is 2. The van der Waals surface area contributed by atoms with Crippen molar-refractivity contribution in [3.63, 3.8) is 0 Å². The molecule has 0 unspecified atom stereocenters. The second-order valence-corrected chi connectivity index (χ2v) is 10.4. The highest BCUT2D eigenvalue weighted by Gasteiger charge is 2.57. The largest absolute Gasteiger partial charge is 0.472 e. The van der Waals surface area contributed by atoms with E-state index in [0.29, 0.717) is 12.3 Å². The van der Waals surface area contributed by atoms with Gasteiger partial charge in [-0.3, -0.25) is 4.79 Å². The SMILES string of the molecule is CC1=CCC[C@@H]2[C@](C)(CCc3ccoc3)[C@H](C(=O)O[C@@H]3OC[C@@H](O)[C@@H](O)[C@H]3O)CC[C@@]12C. The molecule has 0 bridgehead atoms. The monoisotopic (exact) mass is 448 g/mol. The molecule has 2 fully saturated rings. The molecule has 0 aromatic carbocycles. The molecule has 1 aliphatic heterocycles. The van der Waals surface area contributed by atoms with E-state index < -0.39 is 30.6 Å². The first-order valence-corrected chi connectivity index (χ1v) is 11.7. The summed E-state index contributed by atoms with van der Waals surface area (Å²) in [6.45, 7) is 6.55. The van der Waals surface area contributed by atoms with Crippen LogP contribution in [0.4, 0.5) is 0 Å². The maximum Gasteiger partial charge on any atom is 0.311 e. The zero-order valence-electron chi connectivity index (χ0n) is 19.2. The van der Waals surface area contributed by atoms with Gasteiger partial charge in [0.25, 0.3) is 0 Å². The second-order valence-electron chi connectivity index (χ2n) is 10.4. The first kappa shape index (κ1) is 23.5. The third-order valence-electron chi connectivity index (χ3n) is 8.62. The fourth-order valence-electron chi connectivity index (χ4n) is 6.40. The fourth-order valence-corrected chi connectivity index (χ4v) is 6.40. The van der Waals surface area contributed by atoms with Gasteiger partial charge in [0, 0.05) is 0 Å². The van der Waals surface area contributed by atoms with E-state index in [0.717, 1.165) is 37.7 Å². The van der Waals surface area contributed by atoms with Gasteiger partial charge < -0.3 is 29.2 Å². The molecule has 8 atom stereocenters. The van der Waals surface area contributed by atoms with Crippen molar-refractivity contribution in [3.05, 3.63) is 35.8 Å². The van der Waals surface area contributed by atoms with Crippen LogP contribution in [0.15, 0.2) is 34.7 Å². The summed E-state index contributed by atoms with van der Waals surface area (Å²) in [6, 6.07) is 1.96. The van der Waals surface area contributed by atoms with Crippen molar-refractivity contribution in [1.29, 1.82) is 0 Å². The molecular weight excluding hydrogens is 412 g/mol. The van der Waals surface area contributed by atoms with Crippen LogP contribution >= 0.6 is 0 Å². The van der Waals surface area contributed by atoms with Crippen LogP contribution in [0.3, 0.4) is 0 Å². The Kier molecular flexibility index (Phi) is 6.56. The Morgan fingerprint density at radius 1 is 1.22 bits per heavy atom. The topological polar surface area (TPSA) is 109 Å². The second kappa shape index (κ2) is 8.93. The van der Waals surface area contributed by atoms with Crippen molar-refractivity contribution in [2.75, 3.05) is 6.61 Å². The fraction of sp³-hybridized carbons (Fsp3) is 0.720. The van der Waals surface area contributed by atoms with Gasteiger partial charge in [-0.2, -0.15) is 0 Å². The highest BCUT2D eigenvalue weighted by molar-refractivity contribution is 5.74. The smallest absolute Gasteiger partial charge is 0.311 e. The van der Waals surface area contributed by atoms with Gasteiger partial charge in [0.2, 0.25) is 6.29 Å². The minimum absolute atomic E-state index is 0.0430. The van der Waals surface area contributed by atoms with Crippen LogP contribution in [0.1, 0.15) is 58.4 Å². The molecule has 3 aliphatic rings. The molecule has 2 heterocycles. The lowest BCUT2D eigenvalue weighted by molar-refractivity contribution is -0.267. The lowest BCUT2D eigenvalue weighted by atomic mass is 9.46. The van der Waals surface area contributed by atoms with Gasteiger partial charge in [0.15, 0.2) is 0 Å². The molecule has 0 spiro atoms. The molecule has 0 amide bonds. The molecule has 32 heavy (non-hydrogen) atoms. The number of hydrogen-bond acceptors (Lipinski definition) is 7. The van der Waals surface area contributed by atoms with E-state index in [4.69, 9.17) is 13.9 Å². The van der Waals surface area contributed by atoms with Gasteiger partial charge in [-0.1, -0.05) is 25.5 Å². The number of carbonyl (C=O) groups excluding carboxylic acids is 1. The molecule has 7 nitrogen and oxygen atoms in total. The van der Waals surface area contributed by atoms with E-state index in [2.05, 4.69) is 26.8 Å². The average Bonchev–Trinajstić information content (AvgIpc) is 3.28. The maximum absolute atomic E-state index is 13.4. The zero-order valence-corrected chi connectivity index (χ0v) is 19.2. The van der Waals surface area contributed by atoms with Crippen LogP contribution in [0.25, 0.3) is 0 Å². The third kappa shape index (κ3) is 4.04. The predicted octanol–water partition coefficient (Wildman–Crippen LogP) is 2.97. The molecule has 1 aromatic heterocycles. The number of aliphatic hydroxyl groups is 3. The molecule has 2 aliphatic carbocycles. The highest BCUT2D eigenvalue weighted by Crippen LogP contribution is 2.62. The number of carbonyl (C=O) groups is 1. The van der Waals surface area contributed by atoms with Crippen molar-refractivity contribution >= 4 is 5.97 Å². The molecule has 4 rings (SSSR count). The zero-order chi connectivity index (χ0) is 23.1. The van der Waals surface area contributed by atoms with Crippen LogP contribution in [0.2, 0.25) is 0 Å². The standard InChI is InChI=1S/C25H36O7/c1-15-5-4-6-19-24(15,2)11-8-17(25(19,3)10-7-16-9-12-30-13-16)22(29)32-23-21(28)20(27)18(26)14-31-23/h5,9,12-13,17-21,23,26-28H,4,6-8,10-11,14H2,1-3H3/t17-,18+,19-,20+,21+,23-,24-,25+/m0/s1. The Hall–Kier alpha value is -1.67. The van der Waals surface area contributed by atoms with Gasteiger partial charge >= 0.3 is 5.97 Å². The summed E-state index contributed by atoms with van der Waals surface area (Å²) in [6.07, 6.45) is 5.63.